The van der Waals surface area contributed by atoms with E-state index in [0.717, 1.165) is 9.81 Å². The Morgan fingerprint density at radius 2 is 2.14 bits per heavy atom. The van der Waals surface area contributed by atoms with Crippen LogP contribution in [0.2, 0.25) is 0 Å². The topological polar surface area (TPSA) is 26.3 Å². The molecule has 2 nitrogen and oxygen atoms in total. The quantitative estimate of drug-likeness (QED) is 0.568. The van der Waals surface area contributed by atoms with E-state index in [1.165, 1.54) is 6.08 Å². The molecule has 0 aliphatic heterocycles. The number of allylic oxidation sites excluding steroid dienone is 2. The van der Waals surface area contributed by atoms with Crippen LogP contribution in [0.4, 0.5) is 0 Å². The molecular weight excluding hydrogens is 312 g/mol. The normalized spacial score (nSPS) is 12.6. The molecule has 0 amide bonds. The third-order valence-electron chi connectivity index (χ3n) is 1.49. The van der Waals surface area contributed by atoms with Gasteiger partial charge < -0.3 is 4.74 Å². The maximum Gasteiger partial charge on any atom is 0.330 e. The minimum Gasteiger partial charge on any atom is -0.463 e. The van der Waals surface area contributed by atoms with Crippen molar-refractivity contribution in [2.75, 3.05) is 6.61 Å². The second-order valence-corrected chi connectivity index (χ2v) is 5.59. The molecule has 0 bridgehead atoms. The third kappa shape index (κ3) is 8.51. The number of hydrogen-bond acceptors (Lipinski definition) is 2. The zero-order valence-electron chi connectivity index (χ0n) is 8.30. The lowest BCUT2D eigenvalue weighted by Crippen LogP contribution is -2.00. The Morgan fingerprint density at radius 3 is 2.64 bits per heavy atom. The molecule has 1 unspecified atom stereocenters. The summed E-state index contributed by atoms with van der Waals surface area (Å²) in [6, 6.07) is 0. The zero-order valence-corrected chi connectivity index (χ0v) is 11.5. The second-order valence-electron chi connectivity index (χ2n) is 2.82. The minimum atomic E-state index is -0.277. The highest BCUT2D eigenvalue weighted by atomic mass is 79.9. The average Bonchev–Trinajstić information content (AvgIpc) is 2.12. The molecule has 0 spiro atoms. The monoisotopic (exact) mass is 324 g/mol. The summed E-state index contributed by atoms with van der Waals surface area (Å²) >= 11 is 6.54. The summed E-state index contributed by atoms with van der Waals surface area (Å²) in [7, 11) is 0. The Bertz CT molecular complexity index is 230. The molecule has 14 heavy (non-hydrogen) atoms. The molecule has 0 aromatic heterocycles. The van der Waals surface area contributed by atoms with Gasteiger partial charge in [-0.2, -0.15) is 0 Å². The maximum atomic E-state index is 10.9. The van der Waals surface area contributed by atoms with Gasteiger partial charge in [0.1, 0.15) is 0 Å². The van der Waals surface area contributed by atoms with Crippen molar-refractivity contribution in [1.29, 1.82) is 0 Å². The summed E-state index contributed by atoms with van der Waals surface area (Å²) in [5, 5.41) is 0. The fourth-order valence-electron chi connectivity index (χ4n) is 0.787. The summed E-state index contributed by atoms with van der Waals surface area (Å²) in [5.41, 5.74) is 0. The molecule has 0 aromatic rings. The summed E-state index contributed by atoms with van der Waals surface area (Å²) < 4.78 is 5.69. The predicted octanol–water partition coefficient (Wildman–Crippen LogP) is 3.76. The molecule has 0 saturated carbocycles. The van der Waals surface area contributed by atoms with Crippen LogP contribution in [0.1, 0.15) is 20.3 Å². The van der Waals surface area contributed by atoms with E-state index in [-0.39, 0.29) is 5.97 Å². The van der Waals surface area contributed by atoms with Crippen molar-refractivity contribution < 1.29 is 9.53 Å². The summed E-state index contributed by atoms with van der Waals surface area (Å²) in [5.74, 6) is 0.0470. The van der Waals surface area contributed by atoms with E-state index in [1.807, 2.05) is 19.1 Å². The smallest absolute Gasteiger partial charge is 0.330 e. The maximum absolute atomic E-state index is 10.9. The number of rotatable bonds is 5. The van der Waals surface area contributed by atoms with Crippen LogP contribution in [0.25, 0.3) is 0 Å². The Hall–Kier alpha value is -0.0900. The van der Waals surface area contributed by atoms with E-state index in [1.54, 1.807) is 6.92 Å². The van der Waals surface area contributed by atoms with Crippen LogP contribution in [-0.2, 0) is 9.53 Å². The van der Waals surface area contributed by atoms with Crippen LogP contribution in [0.5, 0.6) is 0 Å². The van der Waals surface area contributed by atoms with Gasteiger partial charge in [-0.1, -0.05) is 19.1 Å². The van der Waals surface area contributed by atoms with Gasteiger partial charge in [0.25, 0.3) is 0 Å². The number of carbonyl (C=O) groups excluding carboxylic acids is 1. The van der Waals surface area contributed by atoms with Crippen molar-refractivity contribution in [2.24, 2.45) is 5.92 Å². The molecule has 0 radical (unpaired) electrons. The lowest BCUT2D eigenvalue weighted by Gasteiger charge is -2.01. The van der Waals surface area contributed by atoms with E-state index in [9.17, 15) is 4.79 Å². The first-order valence-corrected chi connectivity index (χ1v) is 6.01. The van der Waals surface area contributed by atoms with E-state index in [2.05, 4.69) is 31.9 Å². The van der Waals surface area contributed by atoms with E-state index in [0.29, 0.717) is 12.5 Å². The second kappa shape index (κ2) is 8.24. The summed E-state index contributed by atoms with van der Waals surface area (Å²) in [4.78, 5) is 10.9. The van der Waals surface area contributed by atoms with Gasteiger partial charge in [0.15, 0.2) is 0 Å². The van der Waals surface area contributed by atoms with Crippen molar-refractivity contribution in [3.8, 4) is 0 Å². The highest BCUT2D eigenvalue weighted by molar-refractivity contribution is 9.28. The molecule has 0 saturated heterocycles. The molecule has 0 aromatic carbocycles. The van der Waals surface area contributed by atoms with Gasteiger partial charge in [-0.15, -0.1) is 0 Å². The first-order chi connectivity index (χ1) is 6.56. The van der Waals surface area contributed by atoms with Crippen molar-refractivity contribution in [2.45, 2.75) is 20.3 Å². The Labute approximate surface area is 102 Å². The van der Waals surface area contributed by atoms with Crippen LogP contribution in [0.15, 0.2) is 21.6 Å². The lowest BCUT2D eigenvalue weighted by atomic mass is 10.1. The largest absolute Gasteiger partial charge is 0.463 e. The van der Waals surface area contributed by atoms with Crippen LogP contribution in [-0.4, -0.2) is 12.6 Å². The Morgan fingerprint density at radius 1 is 1.50 bits per heavy atom. The predicted molar refractivity (Wildman–Crippen MR) is 65.5 cm³/mol. The molecule has 0 aliphatic rings. The molecule has 0 heterocycles. The van der Waals surface area contributed by atoms with E-state index < -0.39 is 0 Å². The van der Waals surface area contributed by atoms with Gasteiger partial charge in [-0.3, -0.25) is 0 Å². The number of halogens is 2. The Balaban J connectivity index is 3.87. The van der Waals surface area contributed by atoms with E-state index >= 15 is 0 Å². The van der Waals surface area contributed by atoms with Crippen LogP contribution >= 0.6 is 31.9 Å². The van der Waals surface area contributed by atoms with Crippen molar-refractivity contribution in [1.82, 2.24) is 0 Å². The Kier molecular flexibility index (Phi) is 8.18. The summed E-state index contributed by atoms with van der Waals surface area (Å²) in [6.07, 6.45) is 6.20. The lowest BCUT2D eigenvalue weighted by molar-refractivity contribution is -0.137. The standard InChI is InChI=1S/C10H14Br2O2/c1-3-14-10(13)7-5-8(2)4-6-9(11)12/h5-8H,3-4H2,1-2H3/b7-5+. The highest BCUT2D eigenvalue weighted by Crippen LogP contribution is 2.16. The highest BCUT2D eigenvalue weighted by Gasteiger charge is 1.97. The molecule has 0 aliphatic carbocycles. The third-order valence-corrected chi connectivity index (χ3v) is 2.14. The first-order valence-electron chi connectivity index (χ1n) is 4.42. The number of esters is 1. The minimum absolute atomic E-state index is 0.277. The van der Waals surface area contributed by atoms with Crippen LogP contribution < -0.4 is 0 Å². The molecule has 1 atom stereocenters. The number of hydrogen-bond donors (Lipinski definition) is 0. The fourth-order valence-corrected chi connectivity index (χ4v) is 1.16. The molecule has 4 heteroatoms. The summed E-state index contributed by atoms with van der Waals surface area (Å²) in [6.45, 7) is 4.25. The average molecular weight is 326 g/mol. The van der Waals surface area contributed by atoms with Gasteiger partial charge in [-0.25, -0.2) is 4.79 Å². The number of carbonyl (C=O) groups is 1. The van der Waals surface area contributed by atoms with Crippen molar-refractivity contribution >= 4 is 37.8 Å². The molecule has 0 N–H and O–H groups in total. The van der Waals surface area contributed by atoms with Gasteiger partial charge in [0.05, 0.1) is 10.00 Å². The molecular formula is C10H14Br2O2. The number of ether oxygens (including phenoxy) is 1. The van der Waals surface area contributed by atoms with Gasteiger partial charge >= 0.3 is 5.97 Å². The van der Waals surface area contributed by atoms with Crippen LogP contribution in [0, 0.1) is 5.92 Å². The van der Waals surface area contributed by atoms with E-state index in [4.69, 9.17) is 4.74 Å². The molecule has 0 fully saturated rings. The van der Waals surface area contributed by atoms with Crippen LogP contribution in [0.3, 0.4) is 0 Å². The molecule has 0 rings (SSSR count). The fraction of sp³-hybridized carbons (Fsp3) is 0.500. The van der Waals surface area contributed by atoms with Gasteiger partial charge in [-0.05, 0) is 51.1 Å². The zero-order chi connectivity index (χ0) is 11.0. The SMILES string of the molecule is CCOC(=O)/C=C/C(C)CC=C(Br)Br. The van der Waals surface area contributed by atoms with Gasteiger partial charge in [0.2, 0.25) is 0 Å². The van der Waals surface area contributed by atoms with Gasteiger partial charge in [0, 0.05) is 6.08 Å². The molecule has 80 valence electrons. The van der Waals surface area contributed by atoms with Crippen molar-refractivity contribution in [3.63, 3.8) is 0 Å². The van der Waals surface area contributed by atoms with Crippen molar-refractivity contribution in [3.05, 3.63) is 21.6 Å². The first kappa shape index (κ1) is 13.9.